The summed E-state index contributed by atoms with van der Waals surface area (Å²) < 4.78 is 13.6. The Hall–Kier alpha value is -1.22. The molecular weight excluding hydrogens is 231 g/mol. The smallest absolute Gasteiger partial charge is 0.140 e. The van der Waals surface area contributed by atoms with Gasteiger partial charge in [0.25, 0.3) is 0 Å². The summed E-state index contributed by atoms with van der Waals surface area (Å²) in [5.74, 6) is -1.12. The molecule has 2 nitrogen and oxygen atoms in total. The van der Waals surface area contributed by atoms with Crippen molar-refractivity contribution in [3.05, 3.63) is 34.6 Å². The highest BCUT2D eigenvalue weighted by atomic mass is 35.5. The lowest BCUT2D eigenvalue weighted by atomic mass is 9.82. The number of rotatable bonds is 1. The van der Waals surface area contributed by atoms with Gasteiger partial charge in [-0.05, 0) is 12.1 Å². The van der Waals surface area contributed by atoms with Gasteiger partial charge in [0.1, 0.15) is 17.4 Å². The van der Waals surface area contributed by atoms with Crippen LogP contribution in [0, 0.1) is 5.82 Å². The lowest BCUT2D eigenvalue weighted by molar-refractivity contribution is -0.130. The number of ketones is 2. The molecule has 0 N–H and O–H groups in total. The van der Waals surface area contributed by atoms with Crippen molar-refractivity contribution in [1.29, 1.82) is 0 Å². The van der Waals surface area contributed by atoms with Gasteiger partial charge in [0, 0.05) is 29.3 Å². The van der Waals surface area contributed by atoms with E-state index in [0.29, 0.717) is 5.56 Å². The molecule has 16 heavy (non-hydrogen) atoms. The number of hydrogen-bond acceptors (Lipinski definition) is 2. The summed E-state index contributed by atoms with van der Waals surface area (Å²) in [6, 6.07) is 4.38. The molecule has 0 unspecified atom stereocenters. The van der Waals surface area contributed by atoms with E-state index in [1.807, 2.05) is 0 Å². The standard InChI is InChI=1S/C12H10ClFO2/c13-10-2-1-3-11(14)12(10)7-4-8(15)6-9(16)5-7/h1-3,7H,4-6H2. The molecule has 1 aliphatic carbocycles. The summed E-state index contributed by atoms with van der Waals surface area (Å²) in [5, 5.41) is 0.285. The molecule has 1 aliphatic rings. The van der Waals surface area contributed by atoms with Crippen molar-refractivity contribution in [3.8, 4) is 0 Å². The van der Waals surface area contributed by atoms with Gasteiger partial charge >= 0.3 is 0 Å². The number of carbonyl (C=O) groups is 2. The predicted molar refractivity (Wildman–Crippen MR) is 58.0 cm³/mol. The van der Waals surface area contributed by atoms with Gasteiger partial charge in [-0.25, -0.2) is 4.39 Å². The van der Waals surface area contributed by atoms with E-state index in [4.69, 9.17) is 11.6 Å². The SMILES string of the molecule is O=C1CC(=O)CC(c2c(F)cccc2Cl)C1. The molecule has 0 atom stereocenters. The first-order chi connectivity index (χ1) is 7.58. The first-order valence-electron chi connectivity index (χ1n) is 5.05. The summed E-state index contributed by atoms with van der Waals surface area (Å²) in [5.41, 5.74) is 0.297. The number of Topliss-reactive ketones (excluding diaryl/α,β-unsaturated/α-hetero) is 2. The van der Waals surface area contributed by atoms with Gasteiger partial charge in [0.2, 0.25) is 0 Å². The average molecular weight is 241 g/mol. The van der Waals surface area contributed by atoms with Gasteiger partial charge in [-0.2, -0.15) is 0 Å². The Balaban J connectivity index is 2.36. The zero-order chi connectivity index (χ0) is 11.7. The second-order valence-electron chi connectivity index (χ2n) is 3.99. The summed E-state index contributed by atoms with van der Waals surface area (Å²) >= 11 is 5.90. The molecule has 0 bridgehead atoms. The lowest BCUT2D eigenvalue weighted by Gasteiger charge is -2.21. The quantitative estimate of drug-likeness (QED) is 0.708. The normalized spacial score (nSPS) is 17.9. The molecule has 0 radical (unpaired) electrons. The van der Waals surface area contributed by atoms with E-state index in [9.17, 15) is 14.0 Å². The fourth-order valence-corrected chi connectivity index (χ4v) is 2.41. The highest BCUT2D eigenvalue weighted by Gasteiger charge is 2.29. The van der Waals surface area contributed by atoms with Crippen LogP contribution in [0.15, 0.2) is 18.2 Å². The van der Waals surface area contributed by atoms with Crippen LogP contribution in [0.3, 0.4) is 0 Å². The van der Waals surface area contributed by atoms with Gasteiger partial charge < -0.3 is 0 Å². The van der Waals surface area contributed by atoms with Crippen LogP contribution in [0.25, 0.3) is 0 Å². The van der Waals surface area contributed by atoms with Gasteiger partial charge in [-0.15, -0.1) is 0 Å². The zero-order valence-electron chi connectivity index (χ0n) is 8.50. The maximum Gasteiger partial charge on any atom is 0.140 e. The summed E-state index contributed by atoms with van der Waals surface area (Å²) in [6.07, 6.45) is 0.376. The Morgan fingerprint density at radius 3 is 2.38 bits per heavy atom. The van der Waals surface area contributed by atoms with E-state index < -0.39 is 11.7 Å². The van der Waals surface area contributed by atoms with E-state index in [1.54, 1.807) is 6.07 Å². The molecule has 1 aromatic carbocycles. The number of benzene rings is 1. The monoisotopic (exact) mass is 240 g/mol. The van der Waals surface area contributed by atoms with Gasteiger partial charge in [0.05, 0.1) is 6.42 Å². The highest BCUT2D eigenvalue weighted by molar-refractivity contribution is 6.31. The Bertz CT molecular complexity index is 420. The molecule has 0 heterocycles. The van der Waals surface area contributed by atoms with Crippen molar-refractivity contribution in [3.63, 3.8) is 0 Å². The van der Waals surface area contributed by atoms with Crippen LogP contribution >= 0.6 is 11.6 Å². The Kier molecular flexibility index (Phi) is 3.06. The molecule has 1 aromatic rings. The topological polar surface area (TPSA) is 34.1 Å². The maximum atomic E-state index is 13.6. The van der Waals surface area contributed by atoms with Crippen molar-refractivity contribution in [2.24, 2.45) is 0 Å². The van der Waals surface area contributed by atoms with Crippen molar-refractivity contribution >= 4 is 23.2 Å². The molecule has 84 valence electrons. The van der Waals surface area contributed by atoms with Crippen molar-refractivity contribution in [2.75, 3.05) is 0 Å². The molecule has 0 amide bonds. The van der Waals surface area contributed by atoms with Crippen LogP contribution in [0.1, 0.15) is 30.7 Å². The van der Waals surface area contributed by atoms with Crippen molar-refractivity contribution in [2.45, 2.75) is 25.2 Å². The molecule has 0 saturated heterocycles. The van der Waals surface area contributed by atoms with Crippen LogP contribution in [-0.4, -0.2) is 11.6 Å². The molecule has 1 saturated carbocycles. The largest absolute Gasteiger partial charge is 0.299 e. The van der Waals surface area contributed by atoms with Crippen LogP contribution in [0.5, 0.6) is 0 Å². The van der Waals surface area contributed by atoms with Crippen LogP contribution < -0.4 is 0 Å². The maximum absolute atomic E-state index is 13.6. The van der Waals surface area contributed by atoms with Gasteiger partial charge in [-0.3, -0.25) is 9.59 Å². The molecule has 0 aliphatic heterocycles. The van der Waals surface area contributed by atoms with E-state index >= 15 is 0 Å². The Labute approximate surface area is 97.4 Å². The zero-order valence-corrected chi connectivity index (χ0v) is 9.26. The molecule has 4 heteroatoms. The van der Waals surface area contributed by atoms with Crippen molar-refractivity contribution in [1.82, 2.24) is 0 Å². The molecule has 2 rings (SSSR count). The average Bonchev–Trinajstić information content (AvgIpc) is 2.15. The third-order valence-electron chi connectivity index (χ3n) is 2.75. The number of halogens is 2. The molecule has 1 fully saturated rings. The number of hydrogen-bond donors (Lipinski definition) is 0. The van der Waals surface area contributed by atoms with E-state index in [0.717, 1.165) is 0 Å². The second-order valence-corrected chi connectivity index (χ2v) is 4.40. The predicted octanol–water partition coefficient (Wildman–Crippen LogP) is 2.88. The first kappa shape index (κ1) is 11.3. The minimum absolute atomic E-state index is 0.0252. The Morgan fingerprint density at radius 1 is 1.19 bits per heavy atom. The molecule has 0 spiro atoms. The fourth-order valence-electron chi connectivity index (χ4n) is 2.09. The van der Waals surface area contributed by atoms with E-state index in [2.05, 4.69) is 0 Å². The second kappa shape index (κ2) is 4.34. The van der Waals surface area contributed by atoms with Gasteiger partial charge in [0.15, 0.2) is 0 Å². The van der Waals surface area contributed by atoms with E-state index in [-0.39, 0.29) is 35.9 Å². The Morgan fingerprint density at radius 2 is 1.81 bits per heavy atom. The first-order valence-corrected chi connectivity index (χ1v) is 5.43. The van der Waals surface area contributed by atoms with Crippen LogP contribution in [-0.2, 0) is 9.59 Å². The lowest BCUT2D eigenvalue weighted by Crippen LogP contribution is -2.22. The van der Waals surface area contributed by atoms with Crippen molar-refractivity contribution < 1.29 is 14.0 Å². The summed E-state index contributed by atoms with van der Waals surface area (Å²) in [7, 11) is 0. The van der Waals surface area contributed by atoms with Crippen LogP contribution in [0.2, 0.25) is 5.02 Å². The molecular formula is C12H10ClFO2. The summed E-state index contributed by atoms with van der Waals surface area (Å²) in [4.78, 5) is 22.6. The summed E-state index contributed by atoms with van der Waals surface area (Å²) in [6.45, 7) is 0. The fraction of sp³-hybridized carbons (Fsp3) is 0.333. The van der Waals surface area contributed by atoms with Gasteiger partial charge in [-0.1, -0.05) is 17.7 Å². The highest BCUT2D eigenvalue weighted by Crippen LogP contribution is 2.35. The third kappa shape index (κ3) is 2.14. The number of carbonyl (C=O) groups excluding carboxylic acids is 2. The third-order valence-corrected chi connectivity index (χ3v) is 3.08. The van der Waals surface area contributed by atoms with E-state index in [1.165, 1.54) is 12.1 Å². The minimum atomic E-state index is -0.444. The van der Waals surface area contributed by atoms with Crippen LogP contribution in [0.4, 0.5) is 4.39 Å². The molecule has 0 aromatic heterocycles. The minimum Gasteiger partial charge on any atom is -0.299 e.